The van der Waals surface area contributed by atoms with Crippen LogP contribution < -0.4 is 17.0 Å². The van der Waals surface area contributed by atoms with Gasteiger partial charge in [0.15, 0.2) is 0 Å². The van der Waals surface area contributed by atoms with Gasteiger partial charge in [-0.3, -0.25) is 0 Å². The number of nitrogens with zero attached hydrogens (tertiary/aromatic N) is 1. The van der Waals surface area contributed by atoms with Crippen LogP contribution in [0, 0.1) is 0 Å². The summed E-state index contributed by atoms with van der Waals surface area (Å²) < 4.78 is 1.04. The van der Waals surface area contributed by atoms with Gasteiger partial charge in [0, 0.05) is 24.6 Å². The van der Waals surface area contributed by atoms with Gasteiger partial charge in [-0.1, -0.05) is 0 Å². The summed E-state index contributed by atoms with van der Waals surface area (Å²) in [6.07, 6.45) is 2.19. The fourth-order valence-electron chi connectivity index (χ4n) is 1.09. The lowest BCUT2D eigenvalue weighted by Crippen LogP contribution is -3.00. The zero-order valence-electron chi connectivity index (χ0n) is 7.82. The fraction of sp³-hybridized carbons (Fsp3) is 1.00. The first kappa shape index (κ1) is 15.5. The lowest BCUT2D eigenvalue weighted by atomic mass is 10.3. The van der Waals surface area contributed by atoms with Crippen molar-refractivity contribution < 1.29 is 21.5 Å². The van der Waals surface area contributed by atoms with Gasteiger partial charge in [0.05, 0.1) is 27.2 Å². The summed E-state index contributed by atoms with van der Waals surface area (Å²) in [5.74, 6) is 1.53. The molecule has 0 unspecified atom stereocenters. The van der Waals surface area contributed by atoms with Gasteiger partial charge in [0.2, 0.25) is 0 Å². The zero-order valence-corrected chi connectivity index (χ0v) is 10.9. The molecule has 0 aromatic carbocycles. The molecule has 0 aromatic rings. The van der Waals surface area contributed by atoms with E-state index in [-0.39, 0.29) is 17.0 Å². The van der Waals surface area contributed by atoms with E-state index in [1.54, 1.807) is 0 Å². The van der Waals surface area contributed by atoms with E-state index in [1.807, 2.05) is 0 Å². The molecule has 0 heterocycles. The highest BCUT2D eigenvalue weighted by atomic mass is 79.9. The van der Waals surface area contributed by atoms with Crippen LogP contribution in [0.25, 0.3) is 0 Å². The number of hydrogen-bond donors (Lipinski definition) is 0. The Morgan fingerprint density at radius 2 is 1.25 bits per heavy atom. The highest BCUT2D eigenvalue weighted by Gasteiger charge is 2.12. The molecule has 0 fully saturated rings. The van der Waals surface area contributed by atoms with Crippen molar-refractivity contribution in [2.24, 2.45) is 0 Å². The van der Waals surface area contributed by atoms with Crippen molar-refractivity contribution in [3.63, 3.8) is 0 Å². The van der Waals surface area contributed by atoms with E-state index >= 15 is 0 Å². The summed E-state index contributed by atoms with van der Waals surface area (Å²) in [6.45, 7) is 2.31. The van der Waals surface area contributed by atoms with Crippen molar-refractivity contribution in [1.82, 2.24) is 0 Å². The van der Waals surface area contributed by atoms with Crippen LogP contribution in [0.1, 0.15) is 12.8 Å². The topological polar surface area (TPSA) is 0 Å². The van der Waals surface area contributed by atoms with Gasteiger partial charge in [-0.05, 0) is 0 Å². The molecule has 0 atom stereocenters. The molecule has 1 nitrogen and oxygen atoms in total. The second-order valence-corrected chi connectivity index (χ2v) is 4.22. The Kier molecular flexibility index (Phi) is 11.1. The number of rotatable bonds is 6. The number of hydrogen-bond acceptors (Lipinski definition) is 0. The summed E-state index contributed by atoms with van der Waals surface area (Å²) in [4.78, 5) is 0. The van der Waals surface area contributed by atoms with E-state index in [4.69, 9.17) is 23.2 Å². The summed E-state index contributed by atoms with van der Waals surface area (Å²) in [6, 6.07) is 0. The normalized spacial score (nSPS) is 11.0. The van der Waals surface area contributed by atoms with Crippen LogP contribution in [0.5, 0.6) is 0 Å². The Bertz CT molecular complexity index is 89.1. The predicted molar refractivity (Wildman–Crippen MR) is 52.5 cm³/mol. The second kappa shape index (κ2) is 8.61. The maximum absolute atomic E-state index is 5.61. The van der Waals surface area contributed by atoms with Gasteiger partial charge in [0.25, 0.3) is 0 Å². The molecule has 0 aromatic heterocycles. The number of alkyl halides is 2. The molecule has 0 saturated carbocycles. The molecule has 4 heteroatoms. The van der Waals surface area contributed by atoms with Gasteiger partial charge >= 0.3 is 0 Å². The SMILES string of the molecule is C[N+](C)(CCCCl)CCCCl.[Br-]. The largest absolute Gasteiger partial charge is 1.00 e. The minimum absolute atomic E-state index is 0. The van der Waals surface area contributed by atoms with Crippen LogP contribution >= 0.6 is 23.2 Å². The van der Waals surface area contributed by atoms with Gasteiger partial charge in [-0.25, -0.2) is 0 Å². The summed E-state index contributed by atoms with van der Waals surface area (Å²) in [5.41, 5.74) is 0. The lowest BCUT2D eigenvalue weighted by Gasteiger charge is -2.29. The number of quaternary nitrogens is 1. The van der Waals surface area contributed by atoms with Gasteiger partial charge < -0.3 is 21.5 Å². The molecule has 0 aliphatic carbocycles. The van der Waals surface area contributed by atoms with Crippen molar-refractivity contribution in [2.75, 3.05) is 38.9 Å². The average Bonchev–Trinajstić information content (AvgIpc) is 1.97. The first-order valence-electron chi connectivity index (χ1n) is 4.06. The summed E-state index contributed by atoms with van der Waals surface area (Å²) >= 11 is 11.2. The van der Waals surface area contributed by atoms with E-state index in [9.17, 15) is 0 Å². The Labute approximate surface area is 96.4 Å². The quantitative estimate of drug-likeness (QED) is 0.446. The Balaban J connectivity index is 0. The molecule has 0 aliphatic rings. The first-order valence-corrected chi connectivity index (χ1v) is 5.13. The van der Waals surface area contributed by atoms with Gasteiger partial charge in [-0.15, -0.1) is 23.2 Å². The van der Waals surface area contributed by atoms with Crippen LogP contribution in [0.4, 0.5) is 0 Å². The monoisotopic (exact) mass is 277 g/mol. The zero-order chi connectivity index (χ0) is 8.74. The molecule has 0 radical (unpaired) electrons. The highest BCUT2D eigenvalue weighted by molar-refractivity contribution is 6.18. The van der Waals surface area contributed by atoms with E-state index in [2.05, 4.69) is 14.1 Å². The van der Waals surface area contributed by atoms with Crippen LogP contribution in [-0.4, -0.2) is 43.4 Å². The molecule has 76 valence electrons. The molecule has 0 amide bonds. The lowest BCUT2D eigenvalue weighted by molar-refractivity contribution is -0.890. The van der Waals surface area contributed by atoms with Crippen LogP contribution in [0.15, 0.2) is 0 Å². The van der Waals surface area contributed by atoms with Crippen molar-refractivity contribution in [2.45, 2.75) is 12.8 Å². The third kappa shape index (κ3) is 9.11. The maximum Gasteiger partial charge on any atom is 0.0794 e. The fourth-order valence-corrected chi connectivity index (χ4v) is 1.33. The van der Waals surface area contributed by atoms with Crippen LogP contribution in [0.2, 0.25) is 0 Å². The molecular weight excluding hydrogens is 261 g/mol. The minimum atomic E-state index is 0. The molecule has 0 N–H and O–H groups in total. The van der Waals surface area contributed by atoms with E-state index in [1.165, 1.54) is 0 Å². The first-order chi connectivity index (χ1) is 5.12. The van der Waals surface area contributed by atoms with Crippen molar-refractivity contribution in [3.8, 4) is 0 Å². The molecule has 0 spiro atoms. The smallest absolute Gasteiger partial charge is 0.0794 e. The maximum atomic E-state index is 5.61. The van der Waals surface area contributed by atoms with Crippen LogP contribution in [0.3, 0.4) is 0 Å². The summed E-state index contributed by atoms with van der Waals surface area (Å²) in [5, 5.41) is 0. The van der Waals surface area contributed by atoms with Crippen molar-refractivity contribution in [3.05, 3.63) is 0 Å². The van der Waals surface area contributed by atoms with E-state index < -0.39 is 0 Å². The standard InChI is InChI=1S/C8H18Cl2N.BrH/c1-11(2,7-3-5-9)8-4-6-10;/h3-8H2,1-2H3;1H/q+1;/p-1. The third-order valence-electron chi connectivity index (χ3n) is 1.79. The third-order valence-corrected chi connectivity index (χ3v) is 2.33. The molecular formula is C8H18BrCl2N. The average molecular weight is 279 g/mol. The van der Waals surface area contributed by atoms with Crippen LogP contribution in [-0.2, 0) is 0 Å². The van der Waals surface area contributed by atoms with Gasteiger partial charge in [-0.2, -0.15) is 0 Å². The summed E-state index contributed by atoms with van der Waals surface area (Å²) in [7, 11) is 4.44. The minimum Gasteiger partial charge on any atom is -1.00 e. The van der Waals surface area contributed by atoms with Crippen molar-refractivity contribution >= 4 is 23.2 Å². The Morgan fingerprint density at radius 1 is 0.917 bits per heavy atom. The van der Waals surface area contributed by atoms with E-state index in [0.717, 1.165) is 42.2 Å². The van der Waals surface area contributed by atoms with Crippen molar-refractivity contribution in [1.29, 1.82) is 0 Å². The Morgan fingerprint density at radius 3 is 1.50 bits per heavy atom. The van der Waals surface area contributed by atoms with Gasteiger partial charge in [0.1, 0.15) is 0 Å². The molecule has 0 saturated heterocycles. The molecule has 0 bridgehead atoms. The molecule has 0 rings (SSSR count). The van der Waals surface area contributed by atoms with E-state index in [0.29, 0.717) is 0 Å². The number of halogens is 3. The molecule has 12 heavy (non-hydrogen) atoms. The predicted octanol–water partition coefficient (Wildman–Crippen LogP) is -0.675. The Hall–Kier alpha value is 1.02. The molecule has 0 aliphatic heterocycles. The second-order valence-electron chi connectivity index (χ2n) is 3.47. The highest BCUT2D eigenvalue weighted by Crippen LogP contribution is 2.02.